The first kappa shape index (κ1) is 17.5. The van der Waals surface area contributed by atoms with Gasteiger partial charge in [0.25, 0.3) is 0 Å². The predicted octanol–water partition coefficient (Wildman–Crippen LogP) is 3.98. The van der Waals surface area contributed by atoms with Crippen molar-refractivity contribution in [2.24, 2.45) is 0 Å². The number of rotatable bonds is 6. The number of aliphatic carboxylic acids is 1. The van der Waals surface area contributed by atoms with Crippen molar-refractivity contribution in [2.45, 2.75) is 19.8 Å². The smallest absolute Gasteiger partial charge is 0.338 e. The highest BCUT2D eigenvalue weighted by Crippen LogP contribution is 2.28. The van der Waals surface area contributed by atoms with Crippen molar-refractivity contribution < 1.29 is 19.4 Å². The lowest BCUT2D eigenvalue weighted by atomic mass is 9.90. The van der Waals surface area contributed by atoms with Crippen LogP contribution in [0.4, 0.5) is 0 Å². The van der Waals surface area contributed by atoms with E-state index in [0.717, 1.165) is 5.56 Å². The summed E-state index contributed by atoms with van der Waals surface area (Å²) in [7, 11) is 0. The van der Waals surface area contributed by atoms with Crippen molar-refractivity contribution in [3.8, 4) is 0 Å². The molecule has 1 atom stereocenters. The first-order valence-electron chi connectivity index (χ1n) is 7.80. The van der Waals surface area contributed by atoms with E-state index in [1.54, 1.807) is 44.2 Å². The van der Waals surface area contributed by atoms with Crippen molar-refractivity contribution in [3.63, 3.8) is 0 Å². The third kappa shape index (κ3) is 4.10. The molecule has 0 radical (unpaired) electrons. The molecule has 0 aliphatic carbocycles. The Morgan fingerprint density at radius 3 is 2.33 bits per heavy atom. The van der Waals surface area contributed by atoms with Gasteiger partial charge >= 0.3 is 11.9 Å². The van der Waals surface area contributed by atoms with Gasteiger partial charge in [0.15, 0.2) is 0 Å². The number of carboxylic acids is 1. The van der Waals surface area contributed by atoms with Gasteiger partial charge in [-0.15, -0.1) is 0 Å². The van der Waals surface area contributed by atoms with Gasteiger partial charge in [0.05, 0.1) is 18.1 Å². The summed E-state index contributed by atoms with van der Waals surface area (Å²) in [5, 5.41) is 9.34. The monoisotopic (exact) mass is 324 g/mol. The van der Waals surface area contributed by atoms with Crippen LogP contribution >= 0.6 is 0 Å². The van der Waals surface area contributed by atoms with E-state index in [9.17, 15) is 14.7 Å². The second-order valence-corrected chi connectivity index (χ2v) is 5.34. The number of ether oxygens (including phenoxy) is 1. The maximum atomic E-state index is 12.5. The van der Waals surface area contributed by atoms with Gasteiger partial charge in [0, 0.05) is 0 Å². The van der Waals surface area contributed by atoms with Gasteiger partial charge in [0.2, 0.25) is 0 Å². The fourth-order valence-electron chi connectivity index (χ4n) is 2.42. The lowest BCUT2D eigenvalue weighted by Crippen LogP contribution is -2.13. The van der Waals surface area contributed by atoms with Gasteiger partial charge in [-0.1, -0.05) is 54.6 Å². The highest BCUT2D eigenvalue weighted by molar-refractivity contribution is 6.22. The van der Waals surface area contributed by atoms with E-state index in [2.05, 4.69) is 0 Å². The number of carboxylic acid groups (broad SMARTS) is 1. The van der Waals surface area contributed by atoms with Crippen LogP contribution in [-0.2, 0) is 14.3 Å². The summed E-state index contributed by atoms with van der Waals surface area (Å²) in [6.07, 6.45) is 1.73. The lowest BCUT2D eigenvalue weighted by molar-refractivity contribution is -0.138. The Bertz CT molecular complexity index is 747. The largest absolute Gasteiger partial charge is 0.481 e. The van der Waals surface area contributed by atoms with E-state index in [4.69, 9.17) is 4.74 Å². The minimum Gasteiger partial charge on any atom is -0.481 e. The van der Waals surface area contributed by atoms with Gasteiger partial charge in [-0.05, 0) is 36.6 Å². The first-order chi connectivity index (χ1) is 11.5. The molecule has 0 bridgehead atoms. The quantitative estimate of drug-likeness (QED) is 0.496. The molecule has 24 heavy (non-hydrogen) atoms. The number of carbonyl (C=O) groups is 2. The molecule has 1 unspecified atom stereocenters. The van der Waals surface area contributed by atoms with E-state index >= 15 is 0 Å². The van der Waals surface area contributed by atoms with Gasteiger partial charge in [-0.2, -0.15) is 0 Å². The molecule has 0 aromatic heterocycles. The van der Waals surface area contributed by atoms with E-state index in [1.165, 1.54) is 0 Å². The molecule has 2 rings (SSSR count). The van der Waals surface area contributed by atoms with Crippen LogP contribution < -0.4 is 0 Å². The van der Waals surface area contributed by atoms with E-state index in [0.29, 0.717) is 16.7 Å². The van der Waals surface area contributed by atoms with Crippen LogP contribution in [0.25, 0.3) is 11.6 Å². The van der Waals surface area contributed by atoms with E-state index < -0.39 is 17.9 Å². The average molecular weight is 324 g/mol. The van der Waals surface area contributed by atoms with Gasteiger partial charge in [0.1, 0.15) is 0 Å². The minimum absolute atomic E-state index is 0.252. The highest BCUT2D eigenvalue weighted by Gasteiger charge is 2.22. The molecule has 2 aromatic rings. The topological polar surface area (TPSA) is 63.6 Å². The zero-order valence-corrected chi connectivity index (χ0v) is 13.7. The SMILES string of the molecule is CCOC(=O)C(=Cc1ccccc1)c1ccccc1C(C)C(=O)O. The Morgan fingerprint density at radius 1 is 1.08 bits per heavy atom. The summed E-state index contributed by atoms with van der Waals surface area (Å²) in [6, 6.07) is 16.4. The Balaban J connectivity index is 2.59. The molecule has 0 saturated heterocycles. The summed E-state index contributed by atoms with van der Waals surface area (Å²) < 4.78 is 5.17. The van der Waals surface area contributed by atoms with E-state index in [-0.39, 0.29) is 6.61 Å². The summed E-state index contributed by atoms with van der Waals surface area (Å²) in [6.45, 7) is 3.60. The zero-order chi connectivity index (χ0) is 17.5. The number of esters is 1. The van der Waals surface area contributed by atoms with Gasteiger partial charge in [-0.25, -0.2) is 4.79 Å². The van der Waals surface area contributed by atoms with Crippen LogP contribution in [-0.4, -0.2) is 23.7 Å². The third-order valence-electron chi connectivity index (χ3n) is 3.69. The normalized spacial score (nSPS) is 12.5. The molecule has 0 heterocycles. The molecule has 0 amide bonds. The number of benzene rings is 2. The van der Waals surface area contributed by atoms with Crippen LogP contribution in [0.2, 0.25) is 0 Å². The first-order valence-corrected chi connectivity index (χ1v) is 7.80. The van der Waals surface area contributed by atoms with Crippen LogP contribution in [0, 0.1) is 0 Å². The van der Waals surface area contributed by atoms with Gasteiger partial charge < -0.3 is 9.84 Å². The molecule has 2 aromatic carbocycles. The Kier molecular flexibility index (Phi) is 5.90. The summed E-state index contributed by atoms with van der Waals surface area (Å²) >= 11 is 0. The Hall–Kier alpha value is -2.88. The molecule has 4 nitrogen and oxygen atoms in total. The average Bonchev–Trinajstić information content (AvgIpc) is 2.60. The van der Waals surface area contributed by atoms with Crippen LogP contribution in [0.1, 0.15) is 36.5 Å². The number of hydrogen-bond acceptors (Lipinski definition) is 3. The molecule has 0 saturated carbocycles. The second kappa shape index (κ2) is 8.11. The summed E-state index contributed by atoms with van der Waals surface area (Å²) in [5.74, 6) is -2.13. The fraction of sp³-hybridized carbons (Fsp3) is 0.200. The van der Waals surface area contributed by atoms with Crippen molar-refractivity contribution in [2.75, 3.05) is 6.61 Å². The molecule has 0 fully saturated rings. The highest BCUT2D eigenvalue weighted by atomic mass is 16.5. The van der Waals surface area contributed by atoms with Crippen molar-refractivity contribution in [1.82, 2.24) is 0 Å². The van der Waals surface area contributed by atoms with Crippen LogP contribution in [0.15, 0.2) is 54.6 Å². The standard InChI is InChI=1S/C20H20O4/c1-3-24-20(23)18(13-15-9-5-4-6-10-15)17-12-8-7-11-16(17)14(2)19(21)22/h4-14H,3H2,1-2H3,(H,21,22). The minimum atomic E-state index is -0.939. The molecular formula is C20H20O4. The molecule has 4 heteroatoms. The summed E-state index contributed by atoms with van der Waals surface area (Å²) in [4.78, 5) is 23.8. The maximum absolute atomic E-state index is 12.5. The second-order valence-electron chi connectivity index (χ2n) is 5.34. The lowest BCUT2D eigenvalue weighted by Gasteiger charge is -2.15. The number of carbonyl (C=O) groups excluding carboxylic acids is 1. The Labute approximate surface area is 141 Å². The molecule has 0 aliphatic heterocycles. The van der Waals surface area contributed by atoms with Crippen LogP contribution in [0.3, 0.4) is 0 Å². The molecule has 0 spiro atoms. The molecule has 1 N–H and O–H groups in total. The molecule has 124 valence electrons. The van der Waals surface area contributed by atoms with Gasteiger partial charge in [-0.3, -0.25) is 4.79 Å². The van der Waals surface area contributed by atoms with Crippen molar-refractivity contribution in [3.05, 3.63) is 71.3 Å². The third-order valence-corrected chi connectivity index (χ3v) is 3.69. The molecule has 0 aliphatic rings. The maximum Gasteiger partial charge on any atom is 0.338 e. The fourth-order valence-corrected chi connectivity index (χ4v) is 2.42. The molecular weight excluding hydrogens is 304 g/mol. The number of hydrogen-bond donors (Lipinski definition) is 1. The predicted molar refractivity (Wildman–Crippen MR) is 93.4 cm³/mol. The Morgan fingerprint density at radius 2 is 1.71 bits per heavy atom. The zero-order valence-electron chi connectivity index (χ0n) is 13.7. The van der Waals surface area contributed by atoms with Crippen LogP contribution in [0.5, 0.6) is 0 Å². The van der Waals surface area contributed by atoms with E-state index in [1.807, 2.05) is 30.3 Å². The summed E-state index contributed by atoms with van der Waals surface area (Å²) in [5.41, 5.74) is 2.36. The van der Waals surface area contributed by atoms with Crippen molar-refractivity contribution >= 4 is 23.6 Å². The van der Waals surface area contributed by atoms with Crippen molar-refractivity contribution in [1.29, 1.82) is 0 Å².